The summed E-state index contributed by atoms with van der Waals surface area (Å²) in [5, 5.41) is 23.5. The summed E-state index contributed by atoms with van der Waals surface area (Å²) in [5.41, 5.74) is 26.0. The fourth-order valence-corrected chi connectivity index (χ4v) is 20.3. The van der Waals surface area contributed by atoms with Crippen molar-refractivity contribution in [1.29, 1.82) is 0 Å². The van der Waals surface area contributed by atoms with Crippen LogP contribution in [0, 0.1) is 6.92 Å². The van der Waals surface area contributed by atoms with E-state index < -0.39 is 23.8 Å². The average molecular weight is 2040 g/mol. The zero-order valence-electron chi connectivity index (χ0n) is 85.6. The number of ketones is 3. The van der Waals surface area contributed by atoms with Crippen molar-refractivity contribution in [1.82, 2.24) is 19.1 Å². The molecule has 3 aromatic heterocycles. The number of carbonyl (C=O) groups excluding carboxylic acids is 8. The van der Waals surface area contributed by atoms with Crippen LogP contribution >= 0.6 is 23.2 Å². The lowest BCUT2D eigenvalue weighted by molar-refractivity contribution is -0.438. The molecule has 0 saturated carbocycles. The number of fused-ring (bicyclic) bond motifs is 8. The average Bonchev–Trinajstić information content (AvgIpc) is 1.59. The SMILES string of the molecule is C=C(C)C(=O)OCCC[N+]1=C(C=CC=C2N(CCCC)c3ccccc3C2(C)C)C(C)(C)c2ccccc21.C=C(C)C(=O)OCCCn1c(C)c(C2=C(O)C(=C3C(C)=Nc4ccccc43)C2=O)c2ccccc21.C=C(C)C(=O)OCc1ccc(Nc2cc(NC(=O)c3cc(Cl)ccc3Cl)c3c4c(ncnc24)-c2ccccc2C3=O)cc1.C=C(C)C(=O)OCc1ccc(Nc2ccc3c4c(cc(=O)n3C)-c3ccccc3C(=O)c24)cc1. The Hall–Kier alpha value is -17.1. The third kappa shape index (κ3) is 20.7. The number of aliphatic hydroxyl groups is 1. The Labute approximate surface area is 879 Å². The van der Waals surface area contributed by atoms with Crippen molar-refractivity contribution in [3.63, 3.8) is 0 Å². The molecule has 150 heavy (non-hydrogen) atoms. The number of nitrogens with one attached hydrogen (secondary N) is 3. The van der Waals surface area contributed by atoms with Crippen molar-refractivity contribution in [3.8, 4) is 22.4 Å². The molecule has 20 rings (SSSR count). The topological polar surface area (TPSA) is 301 Å². The van der Waals surface area contributed by atoms with Crippen LogP contribution in [-0.2, 0) is 80.6 Å². The predicted molar refractivity (Wildman–Crippen MR) is 596 cm³/mol. The second kappa shape index (κ2) is 43.9. The highest BCUT2D eigenvalue weighted by atomic mass is 35.5. The molecule has 0 unspecified atom stereocenters. The number of rotatable bonds is 28. The van der Waals surface area contributed by atoms with E-state index in [-0.39, 0.29) is 87.1 Å². The van der Waals surface area contributed by atoms with Crippen LogP contribution in [-0.4, -0.2) is 114 Å². The van der Waals surface area contributed by atoms with Gasteiger partial charge in [0.1, 0.15) is 25.3 Å². The third-order valence-corrected chi connectivity index (χ3v) is 28.1. The molecule has 14 aromatic rings. The van der Waals surface area contributed by atoms with Gasteiger partial charge in [0.05, 0.1) is 91.0 Å². The summed E-state index contributed by atoms with van der Waals surface area (Å²) < 4.78 is 27.1. The molecule has 0 atom stereocenters. The molecule has 24 nitrogen and oxygen atoms in total. The van der Waals surface area contributed by atoms with E-state index in [1.54, 1.807) is 75.7 Å². The Morgan fingerprint density at radius 2 is 1.07 bits per heavy atom. The van der Waals surface area contributed by atoms with E-state index in [1.165, 1.54) is 58.8 Å². The molecule has 6 heterocycles. The molecule has 1 amide bonds. The van der Waals surface area contributed by atoms with Gasteiger partial charge in [-0.2, -0.15) is 4.58 Å². The zero-order chi connectivity index (χ0) is 107. The Bertz CT molecular complexity index is 8310. The number of carbonyl (C=O) groups is 8. The number of allylic oxidation sites excluding steroid dienone is 7. The van der Waals surface area contributed by atoms with Crippen LogP contribution in [0.4, 0.5) is 45.5 Å². The molecule has 0 fully saturated rings. The van der Waals surface area contributed by atoms with E-state index in [0.717, 1.165) is 98.4 Å². The summed E-state index contributed by atoms with van der Waals surface area (Å²) >= 11 is 12.5. The summed E-state index contributed by atoms with van der Waals surface area (Å²) in [6.45, 7) is 39.6. The highest BCUT2D eigenvalue weighted by Crippen LogP contribution is 2.52. The number of ether oxygens (including phenoxy) is 4. The first-order chi connectivity index (χ1) is 72.0. The number of hydrogen-bond acceptors (Lipinski definition) is 20. The monoisotopic (exact) mass is 2040 g/mol. The van der Waals surface area contributed by atoms with E-state index in [4.69, 9.17) is 42.1 Å². The normalized spacial score (nSPS) is 14.5. The van der Waals surface area contributed by atoms with Crippen molar-refractivity contribution < 1.29 is 67.0 Å². The fourth-order valence-electron chi connectivity index (χ4n) is 19.9. The fraction of sp³-hybridized carbons (Fsp3) is 0.202. The molecule has 4 N–H and O–H groups in total. The maximum Gasteiger partial charge on any atom is 0.333 e. The molecule has 0 radical (unpaired) electrons. The van der Waals surface area contributed by atoms with E-state index >= 15 is 0 Å². The number of Topliss-reactive ketones (excluding diaryl/α,β-unsaturated/α-hetero) is 1. The molecule has 26 heteroatoms. The first-order valence-electron chi connectivity index (χ1n) is 49.5. The van der Waals surface area contributed by atoms with Crippen molar-refractivity contribution >= 4 is 171 Å². The number of aliphatic imine (C=N–C) groups is 1. The first-order valence-corrected chi connectivity index (χ1v) is 50.2. The smallest absolute Gasteiger partial charge is 0.333 e. The maximum atomic E-state index is 13.9. The van der Waals surface area contributed by atoms with Crippen molar-refractivity contribution in [2.75, 3.05) is 47.2 Å². The van der Waals surface area contributed by atoms with Crippen molar-refractivity contribution in [2.24, 2.45) is 12.0 Å². The Kier molecular flexibility index (Phi) is 30.5. The van der Waals surface area contributed by atoms with Crippen molar-refractivity contribution in [3.05, 3.63) is 414 Å². The number of unbranched alkanes of at least 4 members (excludes halogenated alkanes) is 1. The Morgan fingerprint density at radius 1 is 0.513 bits per heavy atom. The number of aryl methyl sites for hydroxylation is 2. The molecule has 756 valence electrons. The summed E-state index contributed by atoms with van der Waals surface area (Å²) in [5.74, 6) is -2.67. The second-order valence-corrected chi connectivity index (χ2v) is 39.6. The number of halogens is 2. The molecule has 0 bridgehead atoms. The van der Waals surface area contributed by atoms with Crippen LogP contribution in [0.3, 0.4) is 0 Å². The van der Waals surface area contributed by atoms with Gasteiger partial charge in [0, 0.05) is 172 Å². The number of aromatic nitrogens is 4. The molecular weight excluding hydrogens is 1920 g/mol. The van der Waals surface area contributed by atoms with Crippen LogP contribution in [0.1, 0.15) is 176 Å². The number of para-hydroxylation sites is 4. The molecule has 3 aliphatic carbocycles. The molecule has 11 aromatic carbocycles. The van der Waals surface area contributed by atoms with Crippen LogP contribution < -0.4 is 26.4 Å². The summed E-state index contributed by atoms with van der Waals surface area (Å²) in [6.07, 6.45) is 12.0. The lowest BCUT2D eigenvalue weighted by Gasteiger charge is -2.27. The van der Waals surface area contributed by atoms with Gasteiger partial charge in [-0.1, -0.05) is 228 Å². The molecule has 0 saturated heterocycles. The lowest BCUT2D eigenvalue weighted by Crippen LogP contribution is -2.28. The van der Waals surface area contributed by atoms with E-state index in [9.17, 15) is 48.3 Å². The number of aliphatic hydroxyl groups excluding tert-OH is 1. The highest BCUT2D eigenvalue weighted by molar-refractivity contribution is 6.48. The largest absolute Gasteiger partial charge is 0.506 e. The van der Waals surface area contributed by atoms with Crippen LogP contribution in [0.15, 0.2) is 337 Å². The van der Waals surface area contributed by atoms with Crippen molar-refractivity contribution in [2.45, 2.75) is 132 Å². The van der Waals surface area contributed by atoms with Crippen LogP contribution in [0.5, 0.6) is 0 Å². The van der Waals surface area contributed by atoms with Gasteiger partial charge < -0.3 is 54.0 Å². The minimum Gasteiger partial charge on any atom is -0.506 e. The van der Waals surface area contributed by atoms with Gasteiger partial charge in [0.25, 0.3) is 11.5 Å². The van der Waals surface area contributed by atoms with E-state index in [2.05, 4.69) is 173 Å². The highest BCUT2D eigenvalue weighted by Gasteiger charge is 2.46. The van der Waals surface area contributed by atoms with Gasteiger partial charge in [-0.25, -0.2) is 29.1 Å². The van der Waals surface area contributed by atoms with Gasteiger partial charge in [-0.3, -0.25) is 29.0 Å². The minimum absolute atomic E-state index is 0.0117. The zero-order valence-corrected chi connectivity index (χ0v) is 87.1. The van der Waals surface area contributed by atoms with Crippen LogP contribution in [0.2, 0.25) is 10.0 Å². The number of amides is 1. The maximum absolute atomic E-state index is 13.9. The summed E-state index contributed by atoms with van der Waals surface area (Å²) in [6, 6.07) is 73.7. The quantitative estimate of drug-likeness (QED) is 0.0116. The third-order valence-electron chi connectivity index (χ3n) is 27.5. The van der Waals surface area contributed by atoms with Gasteiger partial charge in [0.15, 0.2) is 23.8 Å². The molecule has 0 spiro atoms. The molecule has 3 aliphatic heterocycles. The number of pyridine rings is 1. The van der Waals surface area contributed by atoms with Gasteiger partial charge >= 0.3 is 23.9 Å². The standard InChI is InChI=1S/C34H43N2O2.C33H22Cl2N4O4.C29H26N2O4.C28H22N2O4/c1-8-9-22-35-28-18-12-10-16-26(28)33(4,5)30(35)20-14-21-31-34(6,7)27-17-11-13-19-29(27)36(31)23-15-24-38-32(37)25(2)3;1-17(2)33(42)43-15-18-7-10-20(11-8-18)38-26-14-25(39-32(41)23-13-19(34)9-12-24(23)35)27-28-29(36-16-37-30(26)28)21-5-3-4-6-22(21)31(27)40;1-16(2)29(34)35-15-9-14-31-18(4)24(20-11-6-8-13-22(20)31)26-27(32)25(28(26)33)23-17(3)30-21-12-7-5-10-19(21)23;1-16(2)28(33)34-15-17-8-10-18(11-9-17)29-22-12-13-23-25-21(14-24(31)30(23)3)19-6-4-5-7-20(19)27(32)26(22)25/h10-14,16-21H,2,8-9,15,22-24H2,1,3-7H3;3-14,16,38H,1,15H2,2H3,(H,39,41);5-8,10-13,32H,1,9,14-15H2,2-4H3;4-14,29H,1,15H2,2-3H3/q+1;;;. The first kappa shape index (κ1) is 104. The van der Waals surface area contributed by atoms with E-state index in [0.29, 0.717) is 125 Å². The Balaban J connectivity index is 0.000000137. The lowest BCUT2D eigenvalue weighted by atomic mass is 9.78. The van der Waals surface area contributed by atoms with Gasteiger partial charge in [-0.05, 0) is 181 Å². The number of nitrogens with zero attached hydrogens (tertiary/aromatic N) is 7. The number of benzene rings is 11. The molecular formula is C124H113Cl2N10O14+. The summed E-state index contributed by atoms with van der Waals surface area (Å²) in [7, 11) is 1.71. The molecule has 6 aliphatic rings. The van der Waals surface area contributed by atoms with E-state index in [1.807, 2.05) is 153 Å². The predicted octanol–water partition coefficient (Wildman–Crippen LogP) is 26.4. The van der Waals surface area contributed by atoms with Crippen LogP contribution in [0.25, 0.3) is 66.2 Å². The summed E-state index contributed by atoms with van der Waals surface area (Å²) in [4.78, 5) is 130. The second-order valence-electron chi connectivity index (χ2n) is 38.7. The van der Waals surface area contributed by atoms with Gasteiger partial charge in [0.2, 0.25) is 11.5 Å². The Morgan fingerprint density at radius 3 is 1.71 bits per heavy atom. The number of hydrogen-bond donors (Lipinski definition) is 4. The number of anilines is 6. The number of esters is 4. The minimum atomic E-state index is -0.534. The van der Waals surface area contributed by atoms with Gasteiger partial charge in [-0.15, -0.1) is 0 Å².